The van der Waals surface area contributed by atoms with E-state index in [4.69, 9.17) is 4.74 Å². The number of hydrogen-bond donors (Lipinski definition) is 2. The summed E-state index contributed by atoms with van der Waals surface area (Å²) in [6.45, 7) is 7.13. The van der Waals surface area contributed by atoms with Crippen LogP contribution >= 0.6 is 11.3 Å². The van der Waals surface area contributed by atoms with Crippen LogP contribution in [0.4, 0.5) is 4.79 Å². The highest BCUT2D eigenvalue weighted by atomic mass is 32.1. The van der Waals surface area contributed by atoms with Gasteiger partial charge in [-0.05, 0) is 50.7 Å². The van der Waals surface area contributed by atoms with Gasteiger partial charge in [0.25, 0.3) is 0 Å². The van der Waals surface area contributed by atoms with Crippen molar-refractivity contribution in [3.05, 3.63) is 21.9 Å². The summed E-state index contributed by atoms with van der Waals surface area (Å²) in [7, 11) is 0. The standard InChI is InChI=1S/C13H20N2O2S/c1-13(2,3)17-12(16)15-8-10-11-9(4-6-14-10)5-7-18-11/h5,7,10,14H,4,6,8H2,1-3H3,(H,15,16). The van der Waals surface area contributed by atoms with Gasteiger partial charge in [-0.15, -0.1) is 11.3 Å². The fourth-order valence-electron chi connectivity index (χ4n) is 2.00. The molecule has 5 heteroatoms. The van der Waals surface area contributed by atoms with Crippen molar-refractivity contribution < 1.29 is 9.53 Å². The quantitative estimate of drug-likeness (QED) is 0.866. The zero-order valence-electron chi connectivity index (χ0n) is 11.1. The van der Waals surface area contributed by atoms with Gasteiger partial charge in [0.15, 0.2) is 0 Å². The molecule has 1 aliphatic heterocycles. The molecule has 2 heterocycles. The van der Waals surface area contributed by atoms with Gasteiger partial charge in [-0.1, -0.05) is 0 Å². The number of rotatable bonds is 2. The Bertz CT molecular complexity index is 423. The van der Waals surface area contributed by atoms with Crippen molar-refractivity contribution in [2.75, 3.05) is 13.1 Å². The average Bonchev–Trinajstić information content (AvgIpc) is 2.72. The Balaban J connectivity index is 1.87. The van der Waals surface area contributed by atoms with Gasteiger partial charge in [-0.3, -0.25) is 0 Å². The number of carbonyl (C=O) groups is 1. The van der Waals surface area contributed by atoms with Crippen molar-refractivity contribution in [3.63, 3.8) is 0 Å². The maximum atomic E-state index is 11.6. The molecule has 1 aromatic heterocycles. The van der Waals surface area contributed by atoms with E-state index in [9.17, 15) is 4.79 Å². The summed E-state index contributed by atoms with van der Waals surface area (Å²) in [4.78, 5) is 12.9. The summed E-state index contributed by atoms with van der Waals surface area (Å²) in [5.41, 5.74) is 0.952. The Morgan fingerprint density at radius 1 is 1.61 bits per heavy atom. The summed E-state index contributed by atoms with van der Waals surface area (Å²) >= 11 is 1.74. The lowest BCUT2D eigenvalue weighted by molar-refractivity contribution is 0.0522. The number of carbonyl (C=O) groups excluding carboxylic acids is 1. The lowest BCUT2D eigenvalue weighted by Crippen LogP contribution is -2.40. The Morgan fingerprint density at radius 2 is 2.39 bits per heavy atom. The van der Waals surface area contributed by atoms with Crippen molar-refractivity contribution in [2.45, 2.75) is 38.8 Å². The van der Waals surface area contributed by atoms with Crippen LogP contribution in [0.2, 0.25) is 0 Å². The molecule has 4 nitrogen and oxygen atoms in total. The third kappa shape index (κ3) is 3.46. The van der Waals surface area contributed by atoms with Crippen LogP contribution in [0.25, 0.3) is 0 Å². The molecule has 0 aromatic carbocycles. The predicted molar refractivity (Wildman–Crippen MR) is 73.0 cm³/mol. The van der Waals surface area contributed by atoms with E-state index in [-0.39, 0.29) is 12.1 Å². The predicted octanol–water partition coefficient (Wildman–Crippen LogP) is 2.46. The SMILES string of the molecule is CC(C)(C)OC(=O)NCC1NCCc2ccsc21. The van der Waals surface area contributed by atoms with Gasteiger partial charge in [0.1, 0.15) is 5.60 Å². The zero-order chi connectivity index (χ0) is 13.2. The molecule has 0 fully saturated rings. The molecule has 100 valence electrons. The summed E-state index contributed by atoms with van der Waals surface area (Å²) in [5, 5.41) is 8.35. The van der Waals surface area contributed by atoms with E-state index in [2.05, 4.69) is 22.1 Å². The molecular weight excluding hydrogens is 248 g/mol. The van der Waals surface area contributed by atoms with E-state index in [0.717, 1.165) is 13.0 Å². The maximum Gasteiger partial charge on any atom is 0.407 e. The van der Waals surface area contributed by atoms with Gasteiger partial charge in [0, 0.05) is 11.4 Å². The number of thiophene rings is 1. The summed E-state index contributed by atoms with van der Waals surface area (Å²) in [5.74, 6) is 0. The molecule has 1 atom stereocenters. The van der Waals surface area contributed by atoms with E-state index in [0.29, 0.717) is 6.54 Å². The third-order valence-corrected chi connectivity index (χ3v) is 3.80. The average molecular weight is 268 g/mol. The lowest BCUT2D eigenvalue weighted by Gasteiger charge is -2.25. The van der Waals surface area contributed by atoms with Crippen molar-refractivity contribution in [3.8, 4) is 0 Å². The molecule has 1 aliphatic rings. The van der Waals surface area contributed by atoms with E-state index < -0.39 is 5.60 Å². The van der Waals surface area contributed by atoms with Crippen LogP contribution in [0.1, 0.15) is 37.3 Å². The molecule has 0 aliphatic carbocycles. The summed E-state index contributed by atoms with van der Waals surface area (Å²) in [6.07, 6.45) is 0.717. The molecule has 0 radical (unpaired) electrons. The highest BCUT2D eigenvalue weighted by molar-refractivity contribution is 7.10. The minimum Gasteiger partial charge on any atom is -0.444 e. The van der Waals surface area contributed by atoms with Crippen molar-refractivity contribution in [1.29, 1.82) is 0 Å². The molecule has 0 spiro atoms. The number of hydrogen-bond acceptors (Lipinski definition) is 4. The van der Waals surface area contributed by atoms with E-state index >= 15 is 0 Å². The molecule has 2 N–H and O–H groups in total. The molecule has 0 saturated heterocycles. The smallest absolute Gasteiger partial charge is 0.407 e. The number of amides is 1. The van der Waals surface area contributed by atoms with E-state index in [1.807, 2.05) is 20.8 Å². The first-order valence-electron chi connectivity index (χ1n) is 6.22. The number of fused-ring (bicyclic) bond motifs is 1. The minimum atomic E-state index is -0.446. The minimum absolute atomic E-state index is 0.210. The first kappa shape index (κ1) is 13.4. The highest BCUT2D eigenvalue weighted by Gasteiger charge is 2.22. The number of alkyl carbamates (subject to hydrolysis) is 1. The van der Waals surface area contributed by atoms with Gasteiger partial charge in [-0.25, -0.2) is 4.79 Å². The molecular formula is C13H20N2O2S. The monoisotopic (exact) mass is 268 g/mol. The van der Waals surface area contributed by atoms with Crippen LogP contribution in [-0.2, 0) is 11.2 Å². The highest BCUT2D eigenvalue weighted by Crippen LogP contribution is 2.27. The molecule has 2 rings (SSSR count). The third-order valence-electron chi connectivity index (χ3n) is 2.73. The Morgan fingerprint density at radius 3 is 3.11 bits per heavy atom. The van der Waals surface area contributed by atoms with Gasteiger partial charge >= 0.3 is 6.09 Å². The fraction of sp³-hybridized carbons (Fsp3) is 0.615. The normalized spacial score (nSPS) is 19.2. The zero-order valence-corrected chi connectivity index (χ0v) is 11.9. The van der Waals surface area contributed by atoms with Gasteiger partial charge < -0.3 is 15.4 Å². The molecule has 0 saturated carbocycles. The van der Waals surface area contributed by atoms with E-state index in [1.54, 1.807) is 11.3 Å². The molecule has 1 unspecified atom stereocenters. The number of nitrogens with one attached hydrogen (secondary N) is 2. The second-order valence-corrected chi connectivity index (χ2v) is 6.40. The van der Waals surface area contributed by atoms with Gasteiger partial charge in [0.2, 0.25) is 0 Å². The second-order valence-electron chi connectivity index (χ2n) is 5.45. The Kier molecular flexibility index (Phi) is 3.92. The van der Waals surface area contributed by atoms with Crippen molar-refractivity contribution in [2.24, 2.45) is 0 Å². The van der Waals surface area contributed by atoms with Crippen molar-refractivity contribution >= 4 is 17.4 Å². The largest absolute Gasteiger partial charge is 0.444 e. The van der Waals surface area contributed by atoms with Crippen LogP contribution in [0, 0.1) is 0 Å². The molecule has 1 aromatic rings. The van der Waals surface area contributed by atoms with Crippen LogP contribution in [0.3, 0.4) is 0 Å². The fourth-order valence-corrected chi connectivity index (χ4v) is 3.03. The first-order chi connectivity index (χ1) is 8.46. The molecule has 18 heavy (non-hydrogen) atoms. The Hall–Kier alpha value is -1.07. The summed E-state index contributed by atoms with van der Waals surface area (Å²) < 4.78 is 5.22. The van der Waals surface area contributed by atoms with Gasteiger partial charge in [-0.2, -0.15) is 0 Å². The topological polar surface area (TPSA) is 50.4 Å². The van der Waals surface area contributed by atoms with Crippen LogP contribution in [0.5, 0.6) is 0 Å². The molecule has 0 bridgehead atoms. The molecule has 1 amide bonds. The number of ether oxygens (including phenoxy) is 1. The first-order valence-corrected chi connectivity index (χ1v) is 7.10. The maximum absolute atomic E-state index is 11.6. The van der Waals surface area contributed by atoms with Gasteiger partial charge in [0.05, 0.1) is 6.04 Å². The van der Waals surface area contributed by atoms with Crippen LogP contribution in [-0.4, -0.2) is 24.8 Å². The summed E-state index contributed by atoms with van der Waals surface area (Å²) in [6, 6.07) is 2.38. The lowest BCUT2D eigenvalue weighted by atomic mass is 10.0. The Labute approximate surface area is 112 Å². The van der Waals surface area contributed by atoms with E-state index in [1.165, 1.54) is 10.4 Å². The second kappa shape index (κ2) is 5.28. The van der Waals surface area contributed by atoms with Crippen LogP contribution < -0.4 is 10.6 Å². The van der Waals surface area contributed by atoms with Crippen LogP contribution in [0.15, 0.2) is 11.4 Å². The van der Waals surface area contributed by atoms with Crippen molar-refractivity contribution in [1.82, 2.24) is 10.6 Å².